The van der Waals surface area contributed by atoms with E-state index in [9.17, 15) is 0 Å². The van der Waals surface area contributed by atoms with Crippen LogP contribution < -0.4 is 5.32 Å². The Bertz CT molecular complexity index is 362. The summed E-state index contributed by atoms with van der Waals surface area (Å²) in [5.74, 6) is 0.697. The zero-order valence-electron chi connectivity index (χ0n) is 14.0. The van der Waals surface area contributed by atoms with Crippen LogP contribution in [0.3, 0.4) is 0 Å². The average Bonchev–Trinajstić information content (AvgIpc) is 2.47. The van der Waals surface area contributed by atoms with Crippen molar-refractivity contribution in [3.63, 3.8) is 0 Å². The molecule has 0 amide bonds. The van der Waals surface area contributed by atoms with Gasteiger partial charge in [0.25, 0.3) is 0 Å². The van der Waals surface area contributed by atoms with E-state index in [4.69, 9.17) is 9.47 Å². The van der Waals surface area contributed by atoms with E-state index in [0.29, 0.717) is 25.7 Å². The van der Waals surface area contributed by atoms with E-state index in [-0.39, 0.29) is 6.04 Å². The first-order valence-electron chi connectivity index (χ1n) is 8.06. The van der Waals surface area contributed by atoms with Gasteiger partial charge in [0, 0.05) is 7.11 Å². The quantitative estimate of drug-likeness (QED) is 0.633. The number of hydrogen-bond acceptors (Lipinski definition) is 3. The highest BCUT2D eigenvalue weighted by molar-refractivity contribution is 5.25. The molecular formula is C18H31NO2. The van der Waals surface area contributed by atoms with Crippen LogP contribution in [-0.2, 0) is 15.9 Å². The van der Waals surface area contributed by atoms with Gasteiger partial charge in [-0.25, -0.2) is 0 Å². The van der Waals surface area contributed by atoms with E-state index in [2.05, 4.69) is 50.4 Å². The van der Waals surface area contributed by atoms with E-state index in [1.54, 1.807) is 7.11 Å². The monoisotopic (exact) mass is 293 g/mol. The fraction of sp³-hybridized carbons (Fsp3) is 0.667. The second kappa shape index (κ2) is 10.8. The van der Waals surface area contributed by atoms with Gasteiger partial charge in [0.05, 0.1) is 25.9 Å². The molecule has 120 valence electrons. The zero-order chi connectivity index (χ0) is 15.5. The maximum Gasteiger partial charge on any atom is 0.0701 e. The maximum absolute atomic E-state index is 5.69. The minimum atomic E-state index is 0.259. The molecule has 0 radical (unpaired) electrons. The summed E-state index contributed by atoms with van der Waals surface area (Å²) >= 11 is 0. The van der Waals surface area contributed by atoms with Crippen molar-refractivity contribution in [3.05, 3.63) is 35.4 Å². The number of nitrogens with one attached hydrogen (secondary N) is 1. The molecule has 1 unspecified atom stereocenters. The smallest absolute Gasteiger partial charge is 0.0701 e. The van der Waals surface area contributed by atoms with Gasteiger partial charge in [-0.3, -0.25) is 0 Å². The standard InChI is InChI=1S/C18H31NO2/c1-5-10-19-18(14-21-12-11-20-4)17-8-6-16(7-9-17)13-15(2)3/h6-9,15,18-19H,5,10-14H2,1-4H3. The molecule has 0 bridgehead atoms. The first kappa shape index (κ1) is 18.1. The average molecular weight is 293 g/mol. The second-order valence-corrected chi connectivity index (χ2v) is 5.91. The van der Waals surface area contributed by atoms with Crippen molar-refractivity contribution >= 4 is 0 Å². The summed E-state index contributed by atoms with van der Waals surface area (Å²) in [7, 11) is 1.70. The summed E-state index contributed by atoms with van der Waals surface area (Å²) in [6.45, 7) is 9.67. The van der Waals surface area contributed by atoms with Gasteiger partial charge in [0.1, 0.15) is 0 Å². The van der Waals surface area contributed by atoms with Crippen LogP contribution in [0.4, 0.5) is 0 Å². The molecule has 21 heavy (non-hydrogen) atoms. The van der Waals surface area contributed by atoms with Crippen molar-refractivity contribution in [2.45, 2.75) is 39.7 Å². The van der Waals surface area contributed by atoms with Crippen molar-refractivity contribution in [3.8, 4) is 0 Å². The molecule has 0 aromatic heterocycles. The van der Waals surface area contributed by atoms with Crippen molar-refractivity contribution < 1.29 is 9.47 Å². The van der Waals surface area contributed by atoms with Gasteiger partial charge < -0.3 is 14.8 Å². The molecule has 0 spiro atoms. The minimum absolute atomic E-state index is 0.259. The fourth-order valence-corrected chi connectivity index (χ4v) is 2.29. The molecule has 1 rings (SSSR count). The van der Waals surface area contributed by atoms with E-state index < -0.39 is 0 Å². The first-order valence-corrected chi connectivity index (χ1v) is 8.06. The van der Waals surface area contributed by atoms with Gasteiger partial charge in [0.2, 0.25) is 0 Å². The Labute approximate surface area is 130 Å². The third kappa shape index (κ3) is 7.60. The van der Waals surface area contributed by atoms with Crippen LogP contribution in [0.2, 0.25) is 0 Å². The molecule has 3 nitrogen and oxygen atoms in total. The van der Waals surface area contributed by atoms with Gasteiger partial charge in [-0.1, -0.05) is 45.0 Å². The highest BCUT2D eigenvalue weighted by Gasteiger charge is 2.11. The SMILES string of the molecule is CCCNC(COCCOC)c1ccc(CC(C)C)cc1. The number of rotatable bonds is 11. The van der Waals surface area contributed by atoms with Gasteiger partial charge in [-0.15, -0.1) is 0 Å². The molecule has 0 heterocycles. The Hall–Kier alpha value is -0.900. The highest BCUT2D eigenvalue weighted by atomic mass is 16.5. The van der Waals surface area contributed by atoms with Gasteiger partial charge >= 0.3 is 0 Å². The lowest BCUT2D eigenvalue weighted by Gasteiger charge is -2.19. The molecule has 1 aromatic rings. The third-order valence-corrected chi connectivity index (χ3v) is 3.38. The third-order valence-electron chi connectivity index (χ3n) is 3.38. The zero-order valence-corrected chi connectivity index (χ0v) is 14.0. The fourth-order valence-electron chi connectivity index (χ4n) is 2.29. The number of hydrogen-bond donors (Lipinski definition) is 1. The molecule has 0 saturated carbocycles. The second-order valence-electron chi connectivity index (χ2n) is 5.91. The van der Waals surface area contributed by atoms with Crippen molar-refractivity contribution in [2.24, 2.45) is 5.92 Å². The molecule has 0 fully saturated rings. The van der Waals surface area contributed by atoms with E-state index in [0.717, 1.165) is 19.4 Å². The molecule has 1 aromatic carbocycles. The summed E-state index contributed by atoms with van der Waals surface area (Å²) in [5.41, 5.74) is 2.71. The van der Waals surface area contributed by atoms with Crippen LogP contribution in [0.5, 0.6) is 0 Å². The van der Waals surface area contributed by atoms with Crippen LogP contribution in [-0.4, -0.2) is 33.5 Å². The van der Waals surface area contributed by atoms with E-state index >= 15 is 0 Å². The van der Waals surface area contributed by atoms with Crippen molar-refractivity contribution in [1.82, 2.24) is 5.32 Å². The Morgan fingerprint density at radius 1 is 1.10 bits per heavy atom. The maximum atomic E-state index is 5.69. The van der Waals surface area contributed by atoms with Crippen LogP contribution in [0, 0.1) is 5.92 Å². The molecule has 0 aliphatic carbocycles. The van der Waals surface area contributed by atoms with Crippen LogP contribution in [0.1, 0.15) is 44.4 Å². The molecule has 0 saturated heterocycles. The summed E-state index contributed by atoms with van der Waals surface area (Å²) in [4.78, 5) is 0. The van der Waals surface area contributed by atoms with Crippen LogP contribution in [0.25, 0.3) is 0 Å². The van der Waals surface area contributed by atoms with Gasteiger partial charge in [-0.2, -0.15) is 0 Å². The predicted octanol–water partition coefficient (Wildman–Crippen LogP) is 3.59. The Morgan fingerprint density at radius 2 is 1.81 bits per heavy atom. The summed E-state index contributed by atoms with van der Waals surface area (Å²) in [6.07, 6.45) is 2.26. The first-order chi connectivity index (χ1) is 10.2. The van der Waals surface area contributed by atoms with Crippen LogP contribution in [0.15, 0.2) is 24.3 Å². The van der Waals surface area contributed by atoms with Crippen LogP contribution >= 0.6 is 0 Å². The summed E-state index contributed by atoms with van der Waals surface area (Å²) < 4.78 is 10.7. The lowest BCUT2D eigenvalue weighted by molar-refractivity contribution is 0.0586. The topological polar surface area (TPSA) is 30.5 Å². The summed E-state index contributed by atoms with van der Waals surface area (Å²) in [6, 6.07) is 9.20. The number of benzene rings is 1. The molecule has 3 heteroatoms. The summed E-state index contributed by atoms with van der Waals surface area (Å²) in [5, 5.41) is 3.56. The largest absolute Gasteiger partial charge is 0.382 e. The lowest BCUT2D eigenvalue weighted by atomic mass is 9.99. The predicted molar refractivity (Wildman–Crippen MR) is 88.7 cm³/mol. The Morgan fingerprint density at radius 3 is 2.38 bits per heavy atom. The Balaban J connectivity index is 2.59. The minimum Gasteiger partial charge on any atom is -0.382 e. The molecule has 1 atom stereocenters. The van der Waals surface area contributed by atoms with E-state index in [1.807, 2.05) is 0 Å². The normalized spacial score (nSPS) is 12.8. The van der Waals surface area contributed by atoms with Crippen molar-refractivity contribution in [2.75, 3.05) is 33.5 Å². The molecular weight excluding hydrogens is 262 g/mol. The molecule has 0 aliphatic heterocycles. The molecule has 1 N–H and O–H groups in total. The number of methoxy groups -OCH3 is 1. The Kier molecular flexibility index (Phi) is 9.31. The van der Waals surface area contributed by atoms with E-state index in [1.165, 1.54) is 11.1 Å². The number of ether oxygens (including phenoxy) is 2. The highest BCUT2D eigenvalue weighted by Crippen LogP contribution is 2.16. The van der Waals surface area contributed by atoms with Crippen molar-refractivity contribution in [1.29, 1.82) is 0 Å². The lowest BCUT2D eigenvalue weighted by Crippen LogP contribution is -2.27. The molecule has 0 aliphatic rings. The van der Waals surface area contributed by atoms with Gasteiger partial charge in [0.15, 0.2) is 0 Å². The van der Waals surface area contributed by atoms with Gasteiger partial charge in [-0.05, 0) is 36.4 Å².